The van der Waals surface area contributed by atoms with E-state index in [4.69, 9.17) is 0 Å². The number of aryl methyl sites for hydroxylation is 1. The third kappa shape index (κ3) is 4.95. The predicted molar refractivity (Wildman–Crippen MR) is 86.5 cm³/mol. The summed E-state index contributed by atoms with van der Waals surface area (Å²) in [6.07, 6.45) is 8.83. The summed E-state index contributed by atoms with van der Waals surface area (Å²) in [5, 5.41) is 6.65. The minimum Gasteiger partial charge on any atom is -0.356 e. The molecule has 0 radical (unpaired) electrons. The standard InChI is InChI=1S/C16H23N5/c1-14-13-18-7-5-15(14)6-8-19-16(17-2)20-9-12-21-10-3-4-11-21/h3-5,7,10-11,13H,6,8-9,12H2,1-2H3,(H2,17,19,20). The molecule has 0 atom stereocenters. The lowest BCUT2D eigenvalue weighted by atomic mass is 10.1. The van der Waals surface area contributed by atoms with Gasteiger partial charge in [0.05, 0.1) is 0 Å². The number of aliphatic imine (C=N–C) groups is 1. The molecule has 5 nitrogen and oxygen atoms in total. The number of hydrogen-bond donors (Lipinski definition) is 2. The number of pyridine rings is 1. The molecule has 0 unspecified atom stereocenters. The molecule has 0 spiro atoms. The van der Waals surface area contributed by atoms with Gasteiger partial charge in [0.15, 0.2) is 5.96 Å². The van der Waals surface area contributed by atoms with Crippen LogP contribution in [0.5, 0.6) is 0 Å². The van der Waals surface area contributed by atoms with Gasteiger partial charge in [-0.1, -0.05) is 0 Å². The van der Waals surface area contributed by atoms with Crippen LogP contribution in [0.3, 0.4) is 0 Å². The summed E-state index contributed by atoms with van der Waals surface area (Å²) >= 11 is 0. The molecule has 0 aliphatic heterocycles. The maximum absolute atomic E-state index is 4.23. The Labute approximate surface area is 126 Å². The van der Waals surface area contributed by atoms with Crippen LogP contribution in [0.2, 0.25) is 0 Å². The van der Waals surface area contributed by atoms with Gasteiger partial charge in [0.1, 0.15) is 0 Å². The Bertz CT molecular complexity index is 560. The van der Waals surface area contributed by atoms with Gasteiger partial charge in [-0.15, -0.1) is 0 Å². The van der Waals surface area contributed by atoms with Crippen molar-refractivity contribution in [3.63, 3.8) is 0 Å². The molecule has 0 fully saturated rings. The maximum Gasteiger partial charge on any atom is 0.191 e. The van der Waals surface area contributed by atoms with Crippen LogP contribution in [0, 0.1) is 6.92 Å². The highest BCUT2D eigenvalue weighted by Gasteiger charge is 2.00. The number of hydrogen-bond acceptors (Lipinski definition) is 2. The van der Waals surface area contributed by atoms with Crippen LogP contribution in [0.1, 0.15) is 11.1 Å². The third-order valence-electron chi connectivity index (χ3n) is 3.38. The summed E-state index contributed by atoms with van der Waals surface area (Å²) in [5.41, 5.74) is 2.55. The number of aromatic nitrogens is 2. The van der Waals surface area contributed by atoms with Crippen LogP contribution in [0.4, 0.5) is 0 Å². The van der Waals surface area contributed by atoms with E-state index in [1.54, 1.807) is 7.05 Å². The van der Waals surface area contributed by atoms with Gasteiger partial charge < -0.3 is 15.2 Å². The fraction of sp³-hybridized carbons (Fsp3) is 0.375. The van der Waals surface area contributed by atoms with Crippen LogP contribution in [-0.4, -0.2) is 35.6 Å². The van der Waals surface area contributed by atoms with Crippen LogP contribution in [0.15, 0.2) is 48.0 Å². The van der Waals surface area contributed by atoms with Gasteiger partial charge in [-0.3, -0.25) is 9.98 Å². The average molecular weight is 285 g/mol. The van der Waals surface area contributed by atoms with Crippen LogP contribution >= 0.6 is 0 Å². The minimum absolute atomic E-state index is 0.842. The summed E-state index contributed by atoms with van der Waals surface area (Å²) in [6, 6.07) is 6.13. The van der Waals surface area contributed by atoms with Crippen molar-refractivity contribution in [2.24, 2.45) is 4.99 Å². The van der Waals surface area contributed by atoms with Crippen LogP contribution in [-0.2, 0) is 13.0 Å². The normalized spacial score (nSPS) is 11.4. The molecular weight excluding hydrogens is 262 g/mol. The van der Waals surface area contributed by atoms with Crippen molar-refractivity contribution in [1.82, 2.24) is 20.2 Å². The molecule has 2 rings (SSSR count). The zero-order chi connectivity index (χ0) is 14.9. The van der Waals surface area contributed by atoms with Crippen molar-refractivity contribution in [2.75, 3.05) is 20.1 Å². The summed E-state index contributed by atoms with van der Waals surface area (Å²) < 4.78 is 2.14. The number of nitrogens with one attached hydrogen (secondary N) is 2. The molecule has 0 bridgehead atoms. The highest BCUT2D eigenvalue weighted by Crippen LogP contribution is 2.04. The van der Waals surface area contributed by atoms with Gasteiger partial charge in [0.25, 0.3) is 0 Å². The Kier molecular flexibility index (Phi) is 5.82. The second-order valence-electron chi connectivity index (χ2n) is 4.90. The van der Waals surface area contributed by atoms with Gasteiger partial charge >= 0.3 is 0 Å². The molecular formula is C16H23N5. The van der Waals surface area contributed by atoms with Gasteiger partial charge in [-0.05, 0) is 42.7 Å². The molecule has 0 saturated heterocycles. The van der Waals surface area contributed by atoms with E-state index in [2.05, 4.69) is 50.6 Å². The first kappa shape index (κ1) is 15.1. The Morgan fingerprint density at radius 2 is 2.00 bits per heavy atom. The van der Waals surface area contributed by atoms with Crippen molar-refractivity contribution < 1.29 is 0 Å². The van der Waals surface area contributed by atoms with Crippen LogP contribution in [0.25, 0.3) is 0 Å². The highest BCUT2D eigenvalue weighted by molar-refractivity contribution is 5.79. The van der Waals surface area contributed by atoms with Crippen molar-refractivity contribution in [3.8, 4) is 0 Å². The highest BCUT2D eigenvalue weighted by atomic mass is 15.2. The molecule has 0 amide bonds. The Balaban J connectivity index is 1.69. The molecule has 0 aliphatic carbocycles. The summed E-state index contributed by atoms with van der Waals surface area (Å²) in [6.45, 7) is 4.72. The lowest BCUT2D eigenvalue weighted by molar-refractivity contribution is 0.665. The predicted octanol–water partition coefficient (Wildman–Crippen LogP) is 1.60. The largest absolute Gasteiger partial charge is 0.356 e. The first-order chi connectivity index (χ1) is 10.3. The summed E-state index contributed by atoms with van der Waals surface area (Å²) in [7, 11) is 1.79. The fourth-order valence-corrected chi connectivity index (χ4v) is 2.14. The Morgan fingerprint density at radius 3 is 2.71 bits per heavy atom. The van der Waals surface area contributed by atoms with Gasteiger partial charge in [0, 0.05) is 51.5 Å². The van der Waals surface area contributed by atoms with Gasteiger partial charge in [-0.25, -0.2) is 0 Å². The topological polar surface area (TPSA) is 54.2 Å². The van der Waals surface area contributed by atoms with E-state index in [-0.39, 0.29) is 0 Å². The molecule has 2 N–H and O–H groups in total. The minimum atomic E-state index is 0.842. The van der Waals surface area contributed by atoms with Crippen molar-refractivity contribution in [3.05, 3.63) is 54.1 Å². The maximum atomic E-state index is 4.23. The molecule has 0 saturated carbocycles. The van der Waals surface area contributed by atoms with Gasteiger partial charge in [-0.2, -0.15) is 0 Å². The van der Waals surface area contributed by atoms with E-state index in [9.17, 15) is 0 Å². The monoisotopic (exact) mass is 285 g/mol. The lowest BCUT2D eigenvalue weighted by Crippen LogP contribution is -2.39. The Hall–Kier alpha value is -2.30. The quantitative estimate of drug-likeness (QED) is 0.626. The molecule has 21 heavy (non-hydrogen) atoms. The van der Waals surface area contributed by atoms with E-state index in [1.165, 1.54) is 11.1 Å². The summed E-state index contributed by atoms with van der Waals surface area (Å²) in [5.74, 6) is 0.842. The van der Waals surface area contributed by atoms with E-state index in [1.807, 2.05) is 24.5 Å². The number of nitrogens with zero attached hydrogens (tertiary/aromatic N) is 3. The molecule has 5 heteroatoms. The second kappa shape index (κ2) is 8.09. The van der Waals surface area contributed by atoms with E-state index in [0.29, 0.717) is 0 Å². The van der Waals surface area contributed by atoms with Crippen molar-refractivity contribution in [2.45, 2.75) is 19.9 Å². The van der Waals surface area contributed by atoms with E-state index >= 15 is 0 Å². The zero-order valence-corrected chi connectivity index (χ0v) is 12.7. The molecule has 0 aromatic carbocycles. The van der Waals surface area contributed by atoms with E-state index < -0.39 is 0 Å². The molecule has 0 aliphatic rings. The number of rotatable bonds is 6. The second-order valence-corrected chi connectivity index (χ2v) is 4.90. The Morgan fingerprint density at radius 1 is 1.24 bits per heavy atom. The fourth-order valence-electron chi connectivity index (χ4n) is 2.14. The van der Waals surface area contributed by atoms with Crippen molar-refractivity contribution >= 4 is 5.96 Å². The molecule has 2 aromatic heterocycles. The van der Waals surface area contributed by atoms with Crippen LogP contribution < -0.4 is 10.6 Å². The first-order valence-electron chi connectivity index (χ1n) is 7.24. The third-order valence-corrected chi connectivity index (χ3v) is 3.38. The zero-order valence-electron chi connectivity index (χ0n) is 12.7. The van der Waals surface area contributed by atoms with Gasteiger partial charge in [0.2, 0.25) is 0 Å². The van der Waals surface area contributed by atoms with E-state index in [0.717, 1.165) is 32.0 Å². The van der Waals surface area contributed by atoms with Crippen molar-refractivity contribution in [1.29, 1.82) is 0 Å². The SMILES string of the molecule is CN=C(NCCc1ccncc1C)NCCn1cccc1. The lowest BCUT2D eigenvalue weighted by Gasteiger charge is -2.12. The molecule has 112 valence electrons. The average Bonchev–Trinajstić information content (AvgIpc) is 3.01. The first-order valence-corrected chi connectivity index (χ1v) is 7.24. The number of guanidine groups is 1. The molecule has 2 aromatic rings. The smallest absolute Gasteiger partial charge is 0.191 e. The summed E-state index contributed by atoms with van der Waals surface area (Å²) in [4.78, 5) is 8.34. The molecule has 2 heterocycles.